The van der Waals surface area contributed by atoms with Crippen molar-refractivity contribution in [2.45, 2.75) is 45.8 Å². The van der Waals surface area contributed by atoms with Crippen molar-refractivity contribution in [3.63, 3.8) is 0 Å². The minimum Gasteiger partial charge on any atom is -0.457 e. The quantitative estimate of drug-likeness (QED) is 0.779. The number of nitrogens with zero attached hydrogens (tertiary/aromatic N) is 1. The highest BCUT2D eigenvalue weighted by Crippen LogP contribution is 2.53. The van der Waals surface area contributed by atoms with Crippen LogP contribution in [0.25, 0.3) is 0 Å². The molecule has 1 saturated heterocycles. The highest BCUT2D eigenvalue weighted by Gasteiger charge is 2.60. The molecule has 2 fully saturated rings. The van der Waals surface area contributed by atoms with Gasteiger partial charge in [-0.2, -0.15) is 0 Å². The minimum atomic E-state index is -0.323. The summed E-state index contributed by atoms with van der Waals surface area (Å²) in [7, 11) is 0. The first-order valence-electron chi connectivity index (χ1n) is 7.26. The first-order valence-corrected chi connectivity index (χ1v) is 7.26. The van der Waals surface area contributed by atoms with Crippen molar-refractivity contribution in [3.05, 3.63) is 29.6 Å². The maximum atomic E-state index is 12.2. The van der Waals surface area contributed by atoms with E-state index in [4.69, 9.17) is 9.47 Å². The Hall–Kier alpha value is -1.42. The molecule has 3 rings (SSSR count). The lowest BCUT2D eigenvalue weighted by atomic mass is 9.57. The Balaban J connectivity index is 1.73. The van der Waals surface area contributed by atoms with Crippen LogP contribution >= 0.6 is 0 Å². The summed E-state index contributed by atoms with van der Waals surface area (Å²) in [6.45, 7) is 6.92. The predicted molar refractivity (Wildman–Crippen MR) is 74.4 cm³/mol. The number of hydrogen-bond donors (Lipinski definition) is 0. The van der Waals surface area contributed by atoms with Crippen LogP contribution in [0, 0.1) is 18.3 Å². The van der Waals surface area contributed by atoms with Crippen molar-refractivity contribution in [1.29, 1.82) is 0 Å². The number of ether oxygens (including phenoxy) is 2. The van der Waals surface area contributed by atoms with Gasteiger partial charge in [-0.1, -0.05) is 19.9 Å². The second kappa shape index (κ2) is 4.85. The van der Waals surface area contributed by atoms with Gasteiger partial charge in [-0.15, -0.1) is 0 Å². The van der Waals surface area contributed by atoms with E-state index in [9.17, 15) is 4.79 Å². The van der Waals surface area contributed by atoms with E-state index < -0.39 is 0 Å². The smallest absolute Gasteiger partial charge is 0.357 e. The van der Waals surface area contributed by atoms with Crippen LogP contribution in [-0.4, -0.2) is 29.8 Å². The maximum Gasteiger partial charge on any atom is 0.357 e. The van der Waals surface area contributed by atoms with E-state index in [-0.39, 0.29) is 23.6 Å². The summed E-state index contributed by atoms with van der Waals surface area (Å²) in [4.78, 5) is 16.5. The van der Waals surface area contributed by atoms with Crippen molar-refractivity contribution < 1.29 is 14.3 Å². The number of rotatable bonds is 2. The average molecular weight is 275 g/mol. The van der Waals surface area contributed by atoms with E-state index in [0.717, 1.165) is 25.1 Å². The van der Waals surface area contributed by atoms with Gasteiger partial charge in [-0.25, -0.2) is 9.78 Å². The fraction of sp³-hybridized carbons (Fsp3) is 0.625. The van der Waals surface area contributed by atoms with E-state index in [1.54, 1.807) is 6.07 Å². The van der Waals surface area contributed by atoms with Crippen LogP contribution in [0.15, 0.2) is 18.2 Å². The zero-order valence-corrected chi connectivity index (χ0v) is 12.3. The predicted octanol–water partition coefficient (Wildman–Crippen LogP) is 2.75. The molecule has 2 aliphatic rings. The molecule has 3 atom stereocenters. The SMILES string of the molecule is Cc1cccc(C(=O)OC2C3CCCOC3C2(C)C)n1. The molecule has 0 spiro atoms. The molecule has 1 aromatic heterocycles. The monoisotopic (exact) mass is 275 g/mol. The van der Waals surface area contributed by atoms with Gasteiger partial charge in [0.15, 0.2) is 0 Å². The van der Waals surface area contributed by atoms with Crippen LogP contribution in [0.4, 0.5) is 0 Å². The molecule has 0 N–H and O–H groups in total. The summed E-state index contributed by atoms with van der Waals surface area (Å²) in [6.07, 6.45) is 2.28. The third-order valence-electron chi connectivity index (χ3n) is 4.56. The normalized spacial score (nSPS) is 31.1. The molecule has 3 unspecified atom stereocenters. The first kappa shape index (κ1) is 13.6. The second-order valence-electron chi connectivity index (χ2n) is 6.41. The fourth-order valence-corrected chi connectivity index (χ4v) is 3.55. The van der Waals surface area contributed by atoms with E-state index in [2.05, 4.69) is 18.8 Å². The fourth-order valence-electron chi connectivity index (χ4n) is 3.55. The Morgan fingerprint density at radius 3 is 3.00 bits per heavy atom. The van der Waals surface area contributed by atoms with Gasteiger partial charge in [0.1, 0.15) is 11.8 Å². The summed E-state index contributed by atoms with van der Waals surface area (Å²) >= 11 is 0. The summed E-state index contributed by atoms with van der Waals surface area (Å²) < 4.78 is 11.6. The average Bonchev–Trinajstić information content (AvgIpc) is 2.44. The third-order valence-corrected chi connectivity index (χ3v) is 4.56. The van der Waals surface area contributed by atoms with E-state index in [1.807, 2.05) is 19.1 Å². The number of aromatic nitrogens is 1. The number of hydrogen-bond acceptors (Lipinski definition) is 4. The number of pyridine rings is 1. The van der Waals surface area contributed by atoms with Gasteiger partial charge >= 0.3 is 5.97 Å². The van der Waals surface area contributed by atoms with Crippen molar-refractivity contribution in [2.24, 2.45) is 11.3 Å². The molecule has 1 aliphatic heterocycles. The van der Waals surface area contributed by atoms with Crippen LogP contribution in [0.5, 0.6) is 0 Å². The number of aryl methyl sites for hydroxylation is 1. The Morgan fingerprint density at radius 2 is 2.25 bits per heavy atom. The molecular weight excluding hydrogens is 254 g/mol. The van der Waals surface area contributed by atoms with Gasteiger partial charge in [0.25, 0.3) is 0 Å². The van der Waals surface area contributed by atoms with Gasteiger partial charge in [0.05, 0.1) is 6.10 Å². The lowest BCUT2D eigenvalue weighted by molar-refractivity contribution is -0.243. The van der Waals surface area contributed by atoms with E-state index in [1.165, 1.54) is 0 Å². The van der Waals surface area contributed by atoms with Crippen LogP contribution in [0.1, 0.15) is 42.9 Å². The standard InChI is InChI=1S/C16H21NO3/c1-10-6-4-8-12(17-10)15(18)20-14-11-7-5-9-19-13(11)16(14,2)3/h4,6,8,11,13-14H,5,7,9H2,1-3H3. The Labute approximate surface area is 119 Å². The highest BCUT2D eigenvalue weighted by molar-refractivity contribution is 5.87. The lowest BCUT2D eigenvalue weighted by Gasteiger charge is -2.58. The summed E-state index contributed by atoms with van der Waals surface area (Å²) in [5, 5.41) is 0. The zero-order valence-electron chi connectivity index (χ0n) is 12.3. The van der Waals surface area contributed by atoms with Gasteiger partial charge < -0.3 is 9.47 Å². The zero-order chi connectivity index (χ0) is 14.3. The Morgan fingerprint density at radius 1 is 1.45 bits per heavy atom. The van der Waals surface area contributed by atoms with Crippen LogP contribution < -0.4 is 0 Å². The topological polar surface area (TPSA) is 48.4 Å². The van der Waals surface area contributed by atoms with Crippen LogP contribution in [0.3, 0.4) is 0 Å². The lowest BCUT2D eigenvalue weighted by Crippen LogP contribution is -2.65. The Kier molecular flexibility index (Phi) is 3.28. The van der Waals surface area contributed by atoms with E-state index in [0.29, 0.717) is 11.6 Å². The summed E-state index contributed by atoms with van der Waals surface area (Å²) in [5.74, 6) is 0.0170. The van der Waals surface area contributed by atoms with Gasteiger partial charge in [-0.05, 0) is 31.9 Å². The molecule has 0 aromatic carbocycles. The first-order chi connectivity index (χ1) is 9.50. The van der Waals surface area contributed by atoms with Crippen molar-refractivity contribution in [2.75, 3.05) is 6.61 Å². The minimum absolute atomic E-state index is 0.0670. The number of carbonyl (C=O) groups is 1. The largest absolute Gasteiger partial charge is 0.457 e. The molecule has 108 valence electrons. The molecule has 0 bridgehead atoms. The van der Waals surface area contributed by atoms with Crippen LogP contribution in [-0.2, 0) is 9.47 Å². The second-order valence-corrected chi connectivity index (χ2v) is 6.41. The molecular formula is C16H21NO3. The van der Waals surface area contributed by atoms with Crippen molar-refractivity contribution in [1.82, 2.24) is 4.98 Å². The van der Waals surface area contributed by atoms with Gasteiger partial charge in [-0.3, -0.25) is 0 Å². The Bertz CT molecular complexity index is 526. The summed E-state index contributed by atoms with van der Waals surface area (Å²) in [5.41, 5.74) is 1.11. The van der Waals surface area contributed by atoms with Gasteiger partial charge in [0, 0.05) is 23.6 Å². The molecule has 4 nitrogen and oxygen atoms in total. The molecule has 1 aliphatic carbocycles. The van der Waals surface area contributed by atoms with Crippen molar-refractivity contribution >= 4 is 5.97 Å². The highest BCUT2D eigenvalue weighted by atomic mass is 16.6. The number of esters is 1. The maximum absolute atomic E-state index is 12.2. The molecule has 2 heterocycles. The van der Waals surface area contributed by atoms with Gasteiger partial charge in [0.2, 0.25) is 0 Å². The molecule has 1 saturated carbocycles. The number of fused-ring (bicyclic) bond motifs is 1. The molecule has 0 radical (unpaired) electrons. The molecule has 0 amide bonds. The number of carbonyl (C=O) groups excluding carboxylic acids is 1. The van der Waals surface area contributed by atoms with E-state index >= 15 is 0 Å². The molecule has 1 aromatic rings. The third kappa shape index (κ3) is 2.12. The summed E-state index contributed by atoms with van der Waals surface area (Å²) in [6, 6.07) is 5.41. The molecule has 20 heavy (non-hydrogen) atoms. The van der Waals surface area contributed by atoms with Crippen molar-refractivity contribution in [3.8, 4) is 0 Å². The molecule has 4 heteroatoms. The van der Waals surface area contributed by atoms with Crippen LogP contribution in [0.2, 0.25) is 0 Å².